The number of piperidine rings is 1. The van der Waals surface area contributed by atoms with Crippen LogP contribution < -0.4 is 16.0 Å². The summed E-state index contributed by atoms with van der Waals surface area (Å²) in [5.41, 5.74) is 7.37. The van der Waals surface area contributed by atoms with Gasteiger partial charge in [-0.25, -0.2) is 23.7 Å². The number of nitrogens with one attached hydrogen (secondary N) is 1. The number of allylic oxidation sites excluding steroid dienone is 1. The highest BCUT2D eigenvalue weighted by Crippen LogP contribution is 2.37. The van der Waals surface area contributed by atoms with Crippen LogP contribution in [-0.2, 0) is 11.3 Å². The van der Waals surface area contributed by atoms with E-state index in [1.54, 1.807) is 13.1 Å². The van der Waals surface area contributed by atoms with Gasteiger partial charge in [0.25, 0.3) is 5.91 Å². The van der Waals surface area contributed by atoms with Crippen LogP contribution in [0.1, 0.15) is 68.9 Å². The smallest absolute Gasteiger partial charge is 0.257 e. The third-order valence-electron chi connectivity index (χ3n) is 8.22. The van der Waals surface area contributed by atoms with Gasteiger partial charge in [0.1, 0.15) is 23.3 Å². The van der Waals surface area contributed by atoms with E-state index in [1.165, 1.54) is 35.6 Å². The van der Waals surface area contributed by atoms with E-state index < -0.39 is 11.6 Å². The minimum absolute atomic E-state index is 0.0422. The molecule has 3 aromatic rings. The van der Waals surface area contributed by atoms with Crippen molar-refractivity contribution < 1.29 is 18.3 Å². The van der Waals surface area contributed by atoms with Crippen LogP contribution in [0.4, 0.5) is 26.0 Å². The van der Waals surface area contributed by atoms with E-state index >= 15 is 0 Å². The van der Waals surface area contributed by atoms with Crippen molar-refractivity contribution in [1.29, 1.82) is 0 Å². The van der Waals surface area contributed by atoms with Crippen LogP contribution in [0.5, 0.6) is 0 Å². The first kappa shape index (κ1) is 33.5. The molecule has 11 heteroatoms. The summed E-state index contributed by atoms with van der Waals surface area (Å²) in [7, 11) is 1.67. The molecule has 3 N–H and O–H groups in total. The molecule has 0 unspecified atom stereocenters. The summed E-state index contributed by atoms with van der Waals surface area (Å²) in [6.45, 7) is 12.0. The van der Waals surface area contributed by atoms with E-state index in [2.05, 4.69) is 31.9 Å². The number of fused-ring (bicyclic) bond motifs is 1. The van der Waals surface area contributed by atoms with Gasteiger partial charge in [-0.1, -0.05) is 19.9 Å². The third kappa shape index (κ3) is 7.65. The summed E-state index contributed by atoms with van der Waals surface area (Å²) in [5.74, 6) is -0.603. The molecule has 1 amide bonds. The van der Waals surface area contributed by atoms with Crippen molar-refractivity contribution >= 4 is 29.8 Å². The Morgan fingerprint density at radius 3 is 2.38 bits per heavy atom. The maximum atomic E-state index is 14.5. The number of nitrogens with two attached hydrogens (primary N) is 1. The number of nitrogens with zero attached hydrogens (tertiary/aromatic N) is 5. The fraction of sp³-hybridized carbons (Fsp3) is 0.412. The second-order valence-electron chi connectivity index (χ2n) is 11.0. The molecule has 6 rings (SSSR count). The maximum Gasteiger partial charge on any atom is 0.257 e. The van der Waals surface area contributed by atoms with E-state index in [9.17, 15) is 13.6 Å². The topological polar surface area (TPSA) is 109 Å². The van der Waals surface area contributed by atoms with E-state index in [4.69, 9.17) is 10.5 Å². The number of ether oxygens (including phenoxy) is 1. The lowest BCUT2D eigenvalue weighted by Gasteiger charge is -2.44. The summed E-state index contributed by atoms with van der Waals surface area (Å²) in [4.78, 5) is 29.1. The zero-order valence-electron chi connectivity index (χ0n) is 26.6. The van der Waals surface area contributed by atoms with E-state index in [0.29, 0.717) is 28.6 Å². The molecule has 2 aromatic heterocycles. The number of benzene rings is 1. The van der Waals surface area contributed by atoms with Gasteiger partial charge < -0.3 is 25.6 Å². The van der Waals surface area contributed by atoms with Crippen molar-refractivity contribution in [1.82, 2.24) is 14.9 Å². The summed E-state index contributed by atoms with van der Waals surface area (Å²) in [6, 6.07) is 9.08. The lowest BCUT2D eigenvalue weighted by atomic mass is 9.84. The first-order valence-electron chi connectivity index (χ1n) is 15.5. The predicted molar refractivity (Wildman–Crippen MR) is 176 cm³/mol. The number of rotatable bonds is 5. The number of hydrogen-bond donors (Lipinski definition) is 2. The molecule has 1 aromatic carbocycles. The Morgan fingerprint density at radius 2 is 1.82 bits per heavy atom. The average Bonchev–Trinajstić information content (AvgIpc) is 3.35. The van der Waals surface area contributed by atoms with Crippen molar-refractivity contribution in [3.8, 4) is 11.3 Å². The third-order valence-corrected chi connectivity index (χ3v) is 8.22. The SMILES string of the molecule is C=N/C(N)=C\C.CC.CN1Cc2nc(-c3c(F)cccc3F)cc(Nc3ccc(N4CCC5(CCCCO5)CC4)cn3)c2C1=O. The number of aromatic nitrogens is 2. The number of carbonyl (C=O) groups excluding carboxylic acids is 1. The lowest BCUT2D eigenvalue weighted by Crippen LogP contribution is -2.47. The monoisotopic (exact) mass is 619 g/mol. The van der Waals surface area contributed by atoms with Crippen LogP contribution in [0.15, 0.2) is 59.5 Å². The van der Waals surface area contributed by atoms with Crippen LogP contribution in [0.3, 0.4) is 0 Å². The standard InChI is InChI=1S/C28H29F2N5O2.C4H8N2.C2H6/c1-34-17-23-26(27(34)36)22(15-21(32-23)25-19(29)5-4-6-20(25)30)33-24-8-7-18(16-31-24)35-12-10-28(11-13-35)9-2-3-14-37-28;1-3-4(5)6-2;1-2/h4-8,15-16H,2-3,9-14,17H2,1H3,(H,31,32,33);3H,2,5H2,1H3;1-2H3/b;4-3-;. The Bertz CT molecular complexity index is 1490. The van der Waals surface area contributed by atoms with E-state index in [0.717, 1.165) is 51.1 Å². The number of amides is 1. The van der Waals surface area contributed by atoms with E-state index in [-0.39, 0.29) is 29.3 Å². The molecule has 0 aliphatic carbocycles. The molecular formula is C34H43F2N7O2. The van der Waals surface area contributed by atoms with Crippen molar-refractivity contribution in [2.45, 2.75) is 65.0 Å². The van der Waals surface area contributed by atoms with Gasteiger partial charge in [-0.2, -0.15) is 0 Å². The fourth-order valence-electron chi connectivity index (χ4n) is 5.76. The summed E-state index contributed by atoms with van der Waals surface area (Å²) in [5, 5.41) is 3.20. The molecule has 9 nitrogen and oxygen atoms in total. The highest BCUT2D eigenvalue weighted by atomic mass is 19.1. The van der Waals surface area contributed by atoms with Crippen LogP contribution in [-0.4, -0.2) is 59.8 Å². The Balaban J connectivity index is 0.000000519. The zero-order valence-corrected chi connectivity index (χ0v) is 26.6. The summed E-state index contributed by atoms with van der Waals surface area (Å²) < 4.78 is 35.2. The number of aliphatic imine (C=N–C) groups is 1. The van der Waals surface area contributed by atoms with Crippen molar-refractivity contribution in [3.63, 3.8) is 0 Å². The first-order valence-corrected chi connectivity index (χ1v) is 15.5. The van der Waals surface area contributed by atoms with Crippen molar-refractivity contribution in [3.05, 3.63) is 77.4 Å². The number of pyridine rings is 2. The van der Waals surface area contributed by atoms with Gasteiger partial charge in [0.15, 0.2) is 0 Å². The van der Waals surface area contributed by atoms with Crippen LogP contribution in [0.25, 0.3) is 11.3 Å². The minimum atomic E-state index is -0.708. The Morgan fingerprint density at radius 1 is 1.11 bits per heavy atom. The van der Waals surface area contributed by atoms with Gasteiger partial charge >= 0.3 is 0 Å². The molecule has 45 heavy (non-hydrogen) atoms. The summed E-state index contributed by atoms with van der Waals surface area (Å²) in [6.07, 6.45) is 9.07. The van der Waals surface area contributed by atoms with Crippen LogP contribution in [0, 0.1) is 11.6 Å². The Labute approximate surface area is 264 Å². The van der Waals surface area contributed by atoms with Crippen molar-refractivity contribution in [2.24, 2.45) is 10.7 Å². The second kappa shape index (κ2) is 15.1. The fourth-order valence-corrected chi connectivity index (χ4v) is 5.76. The molecule has 0 saturated carbocycles. The molecule has 1 spiro atoms. The minimum Gasteiger partial charge on any atom is -0.384 e. The van der Waals surface area contributed by atoms with Gasteiger partial charge in [0.2, 0.25) is 0 Å². The lowest BCUT2D eigenvalue weighted by molar-refractivity contribution is -0.0920. The molecule has 3 aliphatic rings. The number of hydrogen-bond acceptors (Lipinski definition) is 8. The van der Waals surface area contributed by atoms with Crippen LogP contribution in [0.2, 0.25) is 0 Å². The molecule has 2 fully saturated rings. The molecule has 240 valence electrons. The number of carbonyl (C=O) groups is 1. The Hall–Kier alpha value is -4.38. The quantitative estimate of drug-likeness (QED) is 0.302. The van der Waals surface area contributed by atoms with Gasteiger partial charge in [-0.05, 0) is 82.2 Å². The highest BCUT2D eigenvalue weighted by Gasteiger charge is 2.37. The van der Waals surface area contributed by atoms with Gasteiger partial charge in [-0.3, -0.25) is 4.79 Å². The second-order valence-corrected chi connectivity index (χ2v) is 11.0. The Kier molecular flexibility index (Phi) is 11.2. The van der Waals surface area contributed by atoms with Gasteiger partial charge in [-0.15, -0.1) is 0 Å². The molecule has 0 bridgehead atoms. The molecule has 3 aliphatic heterocycles. The molecule has 2 saturated heterocycles. The highest BCUT2D eigenvalue weighted by molar-refractivity contribution is 6.04. The van der Waals surface area contributed by atoms with Crippen molar-refractivity contribution in [2.75, 3.05) is 37.0 Å². The summed E-state index contributed by atoms with van der Waals surface area (Å²) >= 11 is 0. The molecular weight excluding hydrogens is 576 g/mol. The van der Waals surface area contributed by atoms with E-state index in [1.807, 2.05) is 39.1 Å². The first-order chi connectivity index (χ1) is 21.7. The molecule has 0 radical (unpaired) electrons. The normalized spacial score (nSPS) is 17.1. The number of halogens is 2. The molecule has 5 heterocycles. The maximum absolute atomic E-state index is 14.5. The number of anilines is 3. The van der Waals surface area contributed by atoms with Gasteiger partial charge in [0.05, 0.1) is 52.2 Å². The molecule has 0 atom stereocenters. The van der Waals surface area contributed by atoms with Gasteiger partial charge in [0, 0.05) is 26.7 Å². The zero-order chi connectivity index (χ0) is 32.6. The largest absolute Gasteiger partial charge is 0.384 e. The average molecular weight is 620 g/mol. The van der Waals surface area contributed by atoms with Crippen LogP contribution >= 0.6 is 0 Å². The predicted octanol–water partition coefficient (Wildman–Crippen LogP) is 6.82.